The second-order valence-corrected chi connectivity index (χ2v) is 3.32. The molecule has 63 valence electrons. The normalized spacial score (nSPS) is 17.0. The third-order valence-corrected chi connectivity index (χ3v) is 2.38. The summed E-state index contributed by atoms with van der Waals surface area (Å²) in [5.41, 5.74) is 2.65. The maximum atomic E-state index is 4.55. The molecule has 0 saturated carbocycles. The Bertz CT molecular complexity index is 228. The van der Waals surface area contributed by atoms with Crippen LogP contribution in [0.5, 0.6) is 0 Å². The molecule has 0 aliphatic carbocycles. The van der Waals surface area contributed by atoms with Crippen molar-refractivity contribution in [3.05, 3.63) is 29.8 Å². The number of para-hydroxylation sites is 1. The monoisotopic (exact) mass is 160 g/mol. The maximum absolute atomic E-state index is 4.55. The van der Waals surface area contributed by atoms with Crippen molar-refractivity contribution < 1.29 is 0 Å². The number of hydrogen-bond donors (Lipinski definition) is 0. The summed E-state index contributed by atoms with van der Waals surface area (Å²) in [6, 6.07) is 8.50. The number of hydrogen-bond acceptors (Lipinski definition) is 0. The zero-order valence-electron chi connectivity index (χ0n) is 7.29. The summed E-state index contributed by atoms with van der Waals surface area (Å²) in [4.78, 5) is 0. The third-order valence-electron chi connectivity index (χ3n) is 2.38. The Labute approximate surface area is 73.8 Å². The predicted octanol–water partition coefficient (Wildman–Crippen LogP) is 2.65. The van der Waals surface area contributed by atoms with Crippen molar-refractivity contribution in [3.8, 4) is 0 Å². The van der Waals surface area contributed by atoms with Crippen molar-refractivity contribution in [1.82, 2.24) is 5.32 Å². The minimum atomic E-state index is 1.01. The van der Waals surface area contributed by atoms with Gasteiger partial charge < -0.3 is 0 Å². The average molecular weight is 160 g/mol. The van der Waals surface area contributed by atoms with Crippen molar-refractivity contribution >= 4 is 5.69 Å². The number of rotatable bonds is 0. The second-order valence-electron chi connectivity index (χ2n) is 3.32. The first-order valence-electron chi connectivity index (χ1n) is 4.72. The van der Waals surface area contributed by atoms with Gasteiger partial charge in [0.25, 0.3) is 0 Å². The van der Waals surface area contributed by atoms with Gasteiger partial charge in [0.1, 0.15) is 0 Å². The molecule has 1 aromatic carbocycles. The van der Waals surface area contributed by atoms with E-state index in [1.54, 1.807) is 0 Å². The van der Waals surface area contributed by atoms with E-state index in [-0.39, 0.29) is 0 Å². The van der Waals surface area contributed by atoms with Crippen molar-refractivity contribution in [2.75, 3.05) is 6.54 Å². The van der Waals surface area contributed by atoms with Crippen LogP contribution in [0.2, 0.25) is 0 Å². The molecule has 1 heterocycles. The van der Waals surface area contributed by atoms with Crippen LogP contribution in [0.4, 0.5) is 5.69 Å². The largest absolute Gasteiger partial charge is 0.285 e. The van der Waals surface area contributed by atoms with Crippen LogP contribution in [-0.4, -0.2) is 6.54 Å². The molecular formula is C11H14N. The van der Waals surface area contributed by atoms with E-state index in [2.05, 4.69) is 29.6 Å². The van der Waals surface area contributed by atoms with E-state index in [0.717, 1.165) is 6.54 Å². The Morgan fingerprint density at radius 1 is 1.00 bits per heavy atom. The van der Waals surface area contributed by atoms with Gasteiger partial charge in [-0.1, -0.05) is 24.6 Å². The molecule has 0 amide bonds. The Morgan fingerprint density at radius 2 is 1.92 bits per heavy atom. The first-order chi connectivity index (χ1) is 5.97. The highest BCUT2D eigenvalue weighted by Gasteiger charge is 2.05. The van der Waals surface area contributed by atoms with Gasteiger partial charge in [-0.15, -0.1) is 0 Å². The van der Waals surface area contributed by atoms with Gasteiger partial charge in [0, 0.05) is 6.54 Å². The van der Waals surface area contributed by atoms with Crippen LogP contribution in [0.15, 0.2) is 24.3 Å². The van der Waals surface area contributed by atoms with Gasteiger partial charge in [-0.3, -0.25) is 5.32 Å². The minimum Gasteiger partial charge on any atom is -0.285 e. The van der Waals surface area contributed by atoms with Crippen LogP contribution in [-0.2, 0) is 6.42 Å². The highest BCUT2D eigenvalue weighted by Crippen LogP contribution is 2.20. The van der Waals surface area contributed by atoms with Gasteiger partial charge in [-0.25, -0.2) is 0 Å². The van der Waals surface area contributed by atoms with Gasteiger partial charge in [0.2, 0.25) is 0 Å². The average Bonchev–Trinajstić information content (AvgIpc) is 2.06. The lowest BCUT2D eigenvalue weighted by atomic mass is 10.0. The molecule has 0 bridgehead atoms. The van der Waals surface area contributed by atoms with E-state index in [1.807, 2.05) is 0 Å². The predicted molar refractivity (Wildman–Crippen MR) is 50.7 cm³/mol. The molecule has 0 spiro atoms. The lowest BCUT2D eigenvalue weighted by Gasteiger charge is -2.12. The number of fused-ring (bicyclic) bond motifs is 1. The van der Waals surface area contributed by atoms with E-state index in [4.69, 9.17) is 0 Å². The zero-order chi connectivity index (χ0) is 8.23. The molecular weight excluding hydrogens is 146 g/mol. The lowest BCUT2D eigenvalue weighted by Crippen LogP contribution is -2.06. The van der Waals surface area contributed by atoms with Crippen molar-refractivity contribution in [2.24, 2.45) is 0 Å². The molecule has 1 nitrogen and oxygen atoms in total. The van der Waals surface area contributed by atoms with E-state index >= 15 is 0 Å². The molecule has 1 aromatic rings. The Morgan fingerprint density at radius 3 is 2.92 bits per heavy atom. The maximum Gasteiger partial charge on any atom is 0.0606 e. The molecule has 1 aliphatic rings. The molecule has 1 heteroatoms. The molecule has 0 aromatic heterocycles. The molecule has 2 rings (SSSR count). The molecule has 0 N–H and O–H groups in total. The zero-order valence-corrected chi connectivity index (χ0v) is 7.29. The summed E-state index contributed by atoms with van der Waals surface area (Å²) >= 11 is 0. The van der Waals surface area contributed by atoms with E-state index < -0.39 is 0 Å². The highest BCUT2D eigenvalue weighted by molar-refractivity contribution is 5.45. The summed E-state index contributed by atoms with van der Waals surface area (Å²) < 4.78 is 0. The fourth-order valence-electron chi connectivity index (χ4n) is 1.68. The van der Waals surface area contributed by atoms with Crippen LogP contribution in [0.1, 0.15) is 24.8 Å². The van der Waals surface area contributed by atoms with Crippen LogP contribution >= 0.6 is 0 Å². The van der Waals surface area contributed by atoms with Crippen molar-refractivity contribution in [1.29, 1.82) is 0 Å². The molecule has 0 fully saturated rings. The van der Waals surface area contributed by atoms with Gasteiger partial charge in [0.05, 0.1) is 5.69 Å². The van der Waals surface area contributed by atoms with E-state index in [9.17, 15) is 0 Å². The Balaban J connectivity index is 2.24. The van der Waals surface area contributed by atoms with Crippen LogP contribution < -0.4 is 5.32 Å². The second kappa shape index (κ2) is 3.61. The molecule has 1 radical (unpaired) electrons. The topological polar surface area (TPSA) is 14.1 Å². The Kier molecular flexibility index (Phi) is 2.31. The fourth-order valence-corrected chi connectivity index (χ4v) is 1.68. The van der Waals surface area contributed by atoms with Crippen LogP contribution in [0.25, 0.3) is 0 Å². The number of benzene rings is 1. The highest BCUT2D eigenvalue weighted by atomic mass is 14.9. The van der Waals surface area contributed by atoms with Gasteiger partial charge in [-0.05, 0) is 30.9 Å². The minimum absolute atomic E-state index is 1.01. The number of nitrogens with zero attached hydrogens (tertiary/aromatic N) is 1. The van der Waals surface area contributed by atoms with E-state index in [0.29, 0.717) is 0 Å². The fraction of sp³-hybridized carbons (Fsp3) is 0.455. The van der Waals surface area contributed by atoms with Gasteiger partial charge in [-0.2, -0.15) is 0 Å². The van der Waals surface area contributed by atoms with Crippen molar-refractivity contribution in [2.45, 2.75) is 25.7 Å². The first-order valence-corrected chi connectivity index (χ1v) is 4.72. The van der Waals surface area contributed by atoms with Crippen LogP contribution in [0.3, 0.4) is 0 Å². The van der Waals surface area contributed by atoms with E-state index in [1.165, 1.54) is 36.9 Å². The standard InChI is InChI=1S/C11H14N/c1-2-6-10-7-3-4-8-11(10)12-9-5-1/h3-4,7-8H,1-2,5-6,9H2. The lowest BCUT2D eigenvalue weighted by molar-refractivity contribution is 0.631. The SMILES string of the molecule is c1ccc2c(c1)CCCCC[N]2. The number of aryl methyl sites for hydroxylation is 1. The van der Waals surface area contributed by atoms with Gasteiger partial charge >= 0.3 is 0 Å². The van der Waals surface area contributed by atoms with Crippen molar-refractivity contribution in [3.63, 3.8) is 0 Å². The smallest absolute Gasteiger partial charge is 0.0606 e. The quantitative estimate of drug-likeness (QED) is 0.554. The summed E-state index contributed by atoms with van der Waals surface area (Å²) in [6.07, 6.45) is 5.12. The molecule has 0 atom stereocenters. The third kappa shape index (κ3) is 1.60. The summed E-state index contributed by atoms with van der Waals surface area (Å²) in [7, 11) is 0. The van der Waals surface area contributed by atoms with Gasteiger partial charge in [0.15, 0.2) is 0 Å². The van der Waals surface area contributed by atoms with Crippen LogP contribution in [0, 0.1) is 0 Å². The summed E-state index contributed by atoms with van der Waals surface area (Å²) in [5, 5.41) is 4.55. The molecule has 12 heavy (non-hydrogen) atoms. The molecule has 1 aliphatic heterocycles. The Hall–Kier alpha value is -0.980. The molecule has 0 unspecified atom stereocenters. The molecule has 0 saturated heterocycles. The summed E-state index contributed by atoms with van der Waals surface area (Å²) in [5.74, 6) is 0. The first kappa shape index (κ1) is 7.66. The summed E-state index contributed by atoms with van der Waals surface area (Å²) in [6.45, 7) is 1.01.